The summed E-state index contributed by atoms with van der Waals surface area (Å²) >= 11 is 0. The van der Waals surface area contributed by atoms with E-state index < -0.39 is 10.0 Å². The quantitative estimate of drug-likeness (QED) is 0.722. The molecule has 0 heterocycles. The van der Waals surface area contributed by atoms with Crippen molar-refractivity contribution in [1.29, 1.82) is 0 Å². The number of rotatable bonds is 8. The topological polar surface area (TPSA) is 66.5 Å². The van der Waals surface area contributed by atoms with E-state index in [9.17, 15) is 13.2 Å². The molecule has 0 bridgehead atoms. The highest BCUT2D eigenvalue weighted by Gasteiger charge is 2.15. The maximum absolute atomic E-state index is 12.2. The summed E-state index contributed by atoms with van der Waals surface area (Å²) in [4.78, 5) is 12.2. The number of aryl methyl sites for hydroxylation is 2. The lowest BCUT2D eigenvalue weighted by molar-refractivity contribution is 0.0953. The number of carbonyl (C=O) groups is 1. The molecule has 0 unspecified atom stereocenters. The molecule has 1 N–H and O–H groups in total. The molecule has 0 atom stereocenters. The second kappa shape index (κ2) is 8.85. The van der Waals surface area contributed by atoms with Gasteiger partial charge < -0.3 is 5.32 Å². The molecule has 2 aromatic carbocycles. The largest absolute Gasteiger partial charge is 0.352 e. The minimum absolute atomic E-state index is 0.150. The summed E-state index contributed by atoms with van der Waals surface area (Å²) in [5.74, 6) is -0.150. The Hall–Kier alpha value is -2.34. The molecular formula is C20H26N2O3S. The van der Waals surface area contributed by atoms with E-state index in [-0.39, 0.29) is 5.91 Å². The SMILES string of the molecule is CCN(c1ccc(C(=O)NCCCc2ccc(C)cc2)cc1)S(C)(=O)=O. The molecule has 140 valence electrons. The van der Waals surface area contributed by atoms with Gasteiger partial charge in [-0.2, -0.15) is 0 Å². The van der Waals surface area contributed by atoms with Gasteiger partial charge in [0.15, 0.2) is 0 Å². The molecule has 0 aliphatic carbocycles. The van der Waals surface area contributed by atoms with Gasteiger partial charge in [-0.05, 0) is 56.5 Å². The highest BCUT2D eigenvalue weighted by Crippen LogP contribution is 2.18. The monoisotopic (exact) mass is 374 g/mol. The first-order valence-electron chi connectivity index (χ1n) is 8.73. The number of benzene rings is 2. The zero-order valence-corrected chi connectivity index (χ0v) is 16.3. The lowest BCUT2D eigenvalue weighted by atomic mass is 10.1. The van der Waals surface area contributed by atoms with Crippen molar-refractivity contribution in [1.82, 2.24) is 5.32 Å². The number of amides is 1. The van der Waals surface area contributed by atoms with Crippen LogP contribution in [0.4, 0.5) is 5.69 Å². The highest BCUT2D eigenvalue weighted by molar-refractivity contribution is 7.92. The normalized spacial score (nSPS) is 11.2. The molecule has 0 saturated carbocycles. The van der Waals surface area contributed by atoms with Gasteiger partial charge in [-0.1, -0.05) is 29.8 Å². The Morgan fingerprint density at radius 3 is 2.19 bits per heavy atom. The fraction of sp³-hybridized carbons (Fsp3) is 0.350. The predicted octanol–water partition coefficient (Wildman–Crippen LogP) is 3.14. The molecule has 2 rings (SSSR count). The number of hydrogen-bond acceptors (Lipinski definition) is 3. The van der Waals surface area contributed by atoms with Crippen LogP contribution in [0.15, 0.2) is 48.5 Å². The number of hydrogen-bond donors (Lipinski definition) is 1. The van der Waals surface area contributed by atoms with Gasteiger partial charge in [0.05, 0.1) is 11.9 Å². The van der Waals surface area contributed by atoms with E-state index in [0.29, 0.717) is 24.3 Å². The van der Waals surface area contributed by atoms with E-state index in [1.54, 1.807) is 31.2 Å². The first-order valence-corrected chi connectivity index (χ1v) is 10.6. The summed E-state index contributed by atoms with van der Waals surface area (Å²) in [7, 11) is -3.32. The number of nitrogens with one attached hydrogen (secondary N) is 1. The second-order valence-corrected chi connectivity index (χ2v) is 8.23. The van der Waals surface area contributed by atoms with Crippen LogP contribution in [0.3, 0.4) is 0 Å². The van der Waals surface area contributed by atoms with Crippen molar-refractivity contribution in [2.75, 3.05) is 23.7 Å². The van der Waals surface area contributed by atoms with Gasteiger partial charge in [-0.25, -0.2) is 8.42 Å². The molecular weight excluding hydrogens is 348 g/mol. The molecule has 0 saturated heterocycles. The Labute approximate surface area is 156 Å². The van der Waals surface area contributed by atoms with Crippen molar-refractivity contribution < 1.29 is 13.2 Å². The lowest BCUT2D eigenvalue weighted by Gasteiger charge is -2.20. The molecule has 1 amide bonds. The molecule has 0 fully saturated rings. The van der Waals surface area contributed by atoms with Crippen LogP contribution in [-0.4, -0.2) is 33.7 Å². The van der Waals surface area contributed by atoms with Crippen LogP contribution in [0.2, 0.25) is 0 Å². The Kier molecular flexibility index (Phi) is 6.80. The number of nitrogens with zero attached hydrogens (tertiary/aromatic N) is 1. The van der Waals surface area contributed by atoms with Gasteiger partial charge in [-0.3, -0.25) is 9.10 Å². The average Bonchev–Trinajstić information content (AvgIpc) is 2.60. The van der Waals surface area contributed by atoms with Crippen molar-refractivity contribution >= 4 is 21.6 Å². The molecule has 0 spiro atoms. The smallest absolute Gasteiger partial charge is 0.251 e. The van der Waals surface area contributed by atoms with Gasteiger partial charge in [0.1, 0.15) is 0 Å². The molecule has 5 nitrogen and oxygen atoms in total. The minimum Gasteiger partial charge on any atom is -0.352 e. The molecule has 26 heavy (non-hydrogen) atoms. The second-order valence-electron chi connectivity index (χ2n) is 6.32. The van der Waals surface area contributed by atoms with E-state index in [2.05, 4.69) is 36.5 Å². The maximum Gasteiger partial charge on any atom is 0.251 e. The third-order valence-electron chi connectivity index (χ3n) is 4.15. The summed E-state index contributed by atoms with van der Waals surface area (Å²) in [5, 5.41) is 2.90. The van der Waals surface area contributed by atoms with Gasteiger partial charge in [0, 0.05) is 18.7 Å². The lowest BCUT2D eigenvalue weighted by Crippen LogP contribution is -2.29. The van der Waals surface area contributed by atoms with E-state index in [0.717, 1.165) is 12.8 Å². The van der Waals surface area contributed by atoms with Crippen molar-refractivity contribution in [2.24, 2.45) is 0 Å². The summed E-state index contributed by atoms with van der Waals surface area (Å²) < 4.78 is 24.8. The third-order valence-corrected chi connectivity index (χ3v) is 5.42. The van der Waals surface area contributed by atoms with Crippen molar-refractivity contribution in [3.63, 3.8) is 0 Å². The molecule has 0 radical (unpaired) electrons. The Morgan fingerprint density at radius 1 is 1.04 bits per heavy atom. The van der Waals surface area contributed by atoms with Crippen molar-refractivity contribution in [2.45, 2.75) is 26.7 Å². The highest BCUT2D eigenvalue weighted by atomic mass is 32.2. The third kappa shape index (κ3) is 5.59. The van der Waals surface area contributed by atoms with E-state index in [1.165, 1.54) is 21.7 Å². The van der Waals surface area contributed by atoms with Crippen molar-refractivity contribution in [3.05, 3.63) is 65.2 Å². The predicted molar refractivity (Wildman–Crippen MR) is 106 cm³/mol. The molecule has 0 aliphatic rings. The standard InChI is InChI=1S/C20H26N2O3S/c1-4-22(26(3,24)25)19-13-11-18(12-14-19)20(23)21-15-5-6-17-9-7-16(2)8-10-17/h7-14H,4-6,15H2,1-3H3,(H,21,23). The fourth-order valence-electron chi connectivity index (χ4n) is 2.74. The first kappa shape index (κ1) is 20.0. The van der Waals surface area contributed by atoms with Crippen LogP contribution in [0, 0.1) is 6.92 Å². The average molecular weight is 375 g/mol. The molecule has 0 aromatic heterocycles. The summed E-state index contributed by atoms with van der Waals surface area (Å²) in [6, 6.07) is 15.0. The van der Waals surface area contributed by atoms with Gasteiger partial charge >= 0.3 is 0 Å². The Morgan fingerprint density at radius 2 is 1.65 bits per heavy atom. The summed E-state index contributed by atoms with van der Waals surface area (Å²) in [5.41, 5.74) is 3.58. The maximum atomic E-state index is 12.2. The number of sulfonamides is 1. The van der Waals surface area contributed by atoms with Crippen LogP contribution < -0.4 is 9.62 Å². The molecule has 2 aromatic rings. The van der Waals surface area contributed by atoms with Gasteiger partial charge in [0.25, 0.3) is 5.91 Å². The number of anilines is 1. The molecule has 0 aliphatic heterocycles. The summed E-state index contributed by atoms with van der Waals surface area (Å²) in [6.45, 7) is 4.78. The van der Waals surface area contributed by atoms with Gasteiger partial charge in [-0.15, -0.1) is 0 Å². The Bertz CT molecular complexity index is 828. The van der Waals surface area contributed by atoms with Crippen LogP contribution >= 0.6 is 0 Å². The summed E-state index contributed by atoms with van der Waals surface area (Å²) in [6.07, 6.45) is 2.95. The van der Waals surface area contributed by atoms with Crippen LogP contribution in [0.5, 0.6) is 0 Å². The van der Waals surface area contributed by atoms with E-state index in [1.807, 2.05) is 0 Å². The molecule has 6 heteroatoms. The van der Waals surface area contributed by atoms with Crippen LogP contribution in [0.25, 0.3) is 0 Å². The van der Waals surface area contributed by atoms with Crippen LogP contribution in [-0.2, 0) is 16.4 Å². The van der Waals surface area contributed by atoms with E-state index in [4.69, 9.17) is 0 Å². The van der Waals surface area contributed by atoms with Gasteiger partial charge in [0.2, 0.25) is 10.0 Å². The zero-order valence-electron chi connectivity index (χ0n) is 15.5. The zero-order chi connectivity index (χ0) is 19.2. The van der Waals surface area contributed by atoms with Crippen molar-refractivity contribution in [3.8, 4) is 0 Å². The van der Waals surface area contributed by atoms with Crippen LogP contribution in [0.1, 0.15) is 34.8 Å². The minimum atomic E-state index is -3.32. The van der Waals surface area contributed by atoms with E-state index >= 15 is 0 Å². The first-order chi connectivity index (χ1) is 12.3. The fourth-order valence-corrected chi connectivity index (χ4v) is 3.71. The Balaban J connectivity index is 1.86. The number of carbonyl (C=O) groups excluding carboxylic acids is 1.